The zero-order chi connectivity index (χ0) is 19.1. The van der Waals surface area contributed by atoms with Gasteiger partial charge in [0, 0.05) is 24.0 Å². The highest BCUT2D eigenvalue weighted by Gasteiger charge is 2.19. The number of hydrogen-bond acceptors (Lipinski definition) is 5. The average molecular weight is 358 g/mol. The van der Waals surface area contributed by atoms with Gasteiger partial charge in [-0.05, 0) is 42.3 Å². The quantitative estimate of drug-likeness (QED) is 0.310. The van der Waals surface area contributed by atoms with Crippen LogP contribution in [-0.4, -0.2) is 32.3 Å². The largest absolute Gasteiger partial charge is 0.497 e. The van der Waals surface area contributed by atoms with E-state index in [0.29, 0.717) is 17.7 Å². The highest BCUT2D eigenvalue weighted by atomic mass is 19.1. The van der Waals surface area contributed by atoms with E-state index in [-0.39, 0.29) is 35.3 Å². The summed E-state index contributed by atoms with van der Waals surface area (Å²) in [6.07, 6.45) is 1.48. The van der Waals surface area contributed by atoms with E-state index in [4.69, 9.17) is 4.74 Å². The SMILES string of the molecule is COC(=O)c1ccc(-c2cc(OC)ccc2F)c(C(=O)CCCC=O)c1. The number of Topliss-reactive ketones (excluding diaryl/α,β-unsaturated/α-hetero) is 1. The summed E-state index contributed by atoms with van der Waals surface area (Å²) in [6.45, 7) is 0. The molecule has 0 aliphatic heterocycles. The summed E-state index contributed by atoms with van der Waals surface area (Å²) in [6, 6.07) is 8.60. The molecule has 2 aromatic rings. The third-order valence-electron chi connectivity index (χ3n) is 3.93. The molecule has 0 radical (unpaired) electrons. The number of hydrogen-bond donors (Lipinski definition) is 0. The fraction of sp³-hybridized carbons (Fsp3) is 0.250. The lowest BCUT2D eigenvalue weighted by molar-refractivity contribution is -0.107. The summed E-state index contributed by atoms with van der Waals surface area (Å²) < 4.78 is 24.2. The Bertz CT molecular complexity index is 829. The standard InChI is InChI=1S/C20H19FO5/c1-25-14-7-9-18(21)16(12-14)15-8-6-13(20(24)26-2)11-17(15)19(23)5-3-4-10-22/h6-12H,3-5H2,1-2H3. The van der Waals surface area contributed by atoms with Crippen LogP contribution in [0, 0.1) is 5.82 Å². The van der Waals surface area contributed by atoms with Crippen LogP contribution in [0.5, 0.6) is 5.75 Å². The number of benzene rings is 2. The Morgan fingerprint density at radius 2 is 1.85 bits per heavy atom. The maximum atomic E-state index is 14.4. The van der Waals surface area contributed by atoms with Crippen molar-refractivity contribution in [2.45, 2.75) is 19.3 Å². The van der Waals surface area contributed by atoms with E-state index in [1.807, 2.05) is 0 Å². The van der Waals surface area contributed by atoms with E-state index in [2.05, 4.69) is 4.74 Å². The van der Waals surface area contributed by atoms with E-state index in [1.165, 1.54) is 50.6 Å². The second-order valence-electron chi connectivity index (χ2n) is 5.58. The van der Waals surface area contributed by atoms with Gasteiger partial charge < -0.3 is 14.3 Å². The lowest BCUT2D eigenvalue weighted by Gasteiger charge is -2.13. The Balaban J connectivity index is 2.55. The molecule has 0 saturated carbocycles. The van der Waals surface area contributed by atoms with Gasteiger partial charge in [-0.3, -0.25) is 4.79 Å². The summed E-state index contributed by atoms with van der Waals surface area (Å²) >= 11 is 0. The smallest absolute Gasteiger partial charge is 0.337 e. The predicted octanol–water partition coefficient (Wildman–Crippen LogP) is 3.84. The zero-order valence-corrected chi connectivity index (χ0v) is 14.6. The fourth-order valence-electron chi connectivity index (χ4n) is 2.57. The Hall–Kier alpha value is -3.02. The highest BCUT2D eigenvalue weighted by Crippen LogP contribution is 2.31. The van der Waals surface area contributed by atoms with Gasteiger partial charge in [0.05, 0.1) is 19.8 Å². The molecule has 0 aromatic heterocycles. The zero-order valence-electron chi connectivity index (χ0n) is 14.6. The molecule has 0 aliphatic rings. The van der Waals surface area contributed by atoms with Gasteiger partial charge in [0.2, 0.25) is 0 Å². The monoisotopic (exact) mass is 358 g/mol. The summed E-state index contributed by atoms with van der Waals surface area (Å²) in [5.74, 6) is -0.948. The van der Waals surface area contributed by atoms with Gasteiger partial charge in [0.25, 0.3) is 0 Å². The van der Waals surface area contributed by atoms with E-state index >= 15 is 0 Å². The minimum absolute atomic E-state index is 0.113. The van der Waals surface area contributed by atoms with Gasteiger partial charge in [-0.25, -0.2) is 9.18 Å². The first-order chi connectivity index (χ1) is 12.5. The molecule has 0 atom stereocenters. The molecule has 0 spiro atoms. The van der Waals surface area contributed by atoms with Crippen molar-refractivity contribution in [1.29, 1.82) is 0 Å². The molecular formula is C20H19FO5. The van der Waals surface area contributed by atoms with Gasteiger partial charge in [0.15, 0.2) is 5.78 Å². The van der Waals surface area contributed by atoms with Crippen molar-refractivity contribution in [1.82, 2.24) is 0 Å². The number of ketones is 1. The number of ether oxygens (including phenoxy) is 2. The molecule has 0 saturated heterocycles. The van der Waals surface area contributed by atoms with Crippen molar-refractivity contribution in [2.75, 3.05) is 14.2 Å². The molecule has 2 aromatic carbocycles. The molecule has 0 fully saturated rings. The van der Waals surface area contributed by atoms with Crippen LogP contribution < -0.4 is 4.74 Å². The molecule has 0 heterocycles. The third-order valence-corrected chi connectivity index (χ3v) is 3.93. The first kappa shape index (κ1) is 19.3. The van der Waals surface area contributed by atoms with Gasteiger partial charge in [-0.1, -0.05) is 6.07 Å². The Morgan fingerprint density at radius 1 is 1.08 bits per heavy atom. The number of rotatable bonds is 8. The summed E-state index contributed by atoms with van der Waals surface area (Å²) in [5, 5.41) is 0. The van der Waals surface area contributed by atoms with E-state index < -0.39 is 11.8 Å². The predicted molar refractivity (Wildman–Crippen MR) is 94.0 cm³/mol. The average Bonchev–Trinajstić information content (AvgIpc) is 2.67. The molecule has 5 nitrogen and oxygen atoms in total. The highest BCUT2D eigenvalue weighted by molar-refractivity contribution is 6.04. The molecule has 6 heteroatoms. The number of esters is 1. The van der Waals surface area contributed by atoms with Gasteiger partial charge in [-0.15, -0.1) is 0 Å². The van der Waals surface area contributed by atoms with E-state index in [1.54, 1.807) is 0 Å². The second kappa shape index (κ2) is 8.89. The number of aldehydes is 1. The van der Waals surface area contributed by atoms with Crippen LogP contribution in [0.3, 0.4) is 0 Å². The number of unbranched alkanes of at least 4 members (excludes halogenated alkanes) is 1. The molecule has 0 unspecified atom stereocenters. The maximum Gasteiger partial charge on any atom is 0.337 e. The first-order valence-electron chi connectivity index (χ1n) is 8.05. The van der Waals surface area contributed by atoms with Crippen LogP contribution >= 0.6 is 0 Å². The fourth-order valence-corrected chi connectivity index (χ4v) is 2.57. The van der Waals surface area contributed by atoms with Crippen molar-refractivity contribution in [3.63, 3.8) is 0 Å². The van der Waals surface area contributed by atoms with Crippen molar-refractivity contribution in [2.24, 2.45) is 0 Å². The maximum absolute atomic E-state index is 14.4. The number of carbonyl (C=O) groups excluding carboxylic acids is 3. The Morgan fingerprint density at radius 3 is 2.50 bits per heavy atom. The van der Waals surface area contributed by atoms with Gasteiger partial charge >= 0.3 is 5.97 Å². The van der Waals surface area contributed by atoms with E-state index in [9.17, 15) is 18.8 Å². The normalized spacial score (nSPS) is 10.3. The Kier molecular flexibility index (Phi) is 6.60. The van der Waals surface area contributed by atoms with Gasteiger partial charge in [-0.2, -0.15) is 0 Å². The van der Waals surface area contributed by atoms with Crippen molar-refractivity contribution in [3.05, 3.63) is 53.3 Å². The number of carbonyl (C=O) groups is 3. The third kappa shape index (κ3) is 4.33. The topological polar surface area (TPSA) is 69.7 Å². The van der Waals surface area contributed by atoms with Crippen molar-refractivity contribution >= 4 is 18.0 Å². The molecule has 0 bridgehead atoms. The summed E-state index contributed by atoms with van der Waals surface area (Å²) in [4.78, 5) is 34.9. The molecule has 26 heavy (non-hydrogen) atoms. The van der Waals surface area contributed by atoms with Crippen LogP contribution in [-0.2, 0) is 9.53 Å². The minimum atomic E-state index is -0.593. The number of methoxy groups -OCH3 is 2. The summed E-state index contributed by atoms with van der Waals surface area (Å²) in [7, 11) is 2.70. The Labute approximate surface area is 150 Å². The van der Waals surface area contributed by atoms with Crippen LogP contribution in [0.4, 0.5) is 4.39 Å². The molecule has 0 aliphatic carbocycles. The van der Waals surface area contributed by atoms with Crippen LogP contribution in [0.1, 0.15) is 40.0 Å². The molecule has 0 N–H and O–H groups in total. The summed E-state index contributed by atoms with van der Waals surface area (Å²) in [5.41, 5.74) is 0.939. The second-order valence-corrected chi connectivity index (χ2v) is 5.58. The van der Waals surface area contributed by atoms with Crippen LogP contribution in [0.15, 0.2) is 36.4 Å². The van der Waals surface area contributed by atoms with Crippen molar-refractivity contribution in [3.8, 4) is 16.9 Å². The lowest BCUT2D eigenvalue weighted by Crippen LogP contribution is -2.07. The van der Waals surface area contributed by atoms with Crippen LogP contribution in [0.2, 0.25) is 0 Å². The number of halogens is 1. The van der Waals surface area contributed by atoms with Crippen LogP contribution in [0.25, 0.3) is 11.1 Å². The molecule has 136 valence electrons. The lowest BCUT2D eigenvalue weighted by atomic mass is 9.92. The van der Waals surface area contributed by atoms with Crippen molar-refractivity contribution < 1.29 is 28.2 Å². The molecule has 2 rings (SSSR count). The molecule has 0 amide bonds. The minimum Gasteiger partial charge on any atom is -0.497 e. The molecular weight excluding hydrogens is 339 g/mol. The van der Waals surface area contributed by atoms with Gasteiger partial charge in [0.1, 0.15) is 17.9 Å². The first-order valence-corrected chi connectivity index (χ1v) is 8.05. The van der Waals surface area contributed by atoms with E-state index in [0.717, 1.165) is 6.29 Å².